The molecule has 0 bridgehead atoms. The van der Waals surface area contributed by atoms with E-state index in [1.54, 1.807) is 0 Å². The summed E-state index contributed by atoms with van der Waals surface area (Å²) in [7, 11) is 0. The van der Waals surface area contributed by atoms with Crippen LogP contribution in [0.3, 0.4) is 0 Å². The first kappa shape index (κ1) is 9.35. The van der Waals surface area contributed by atoms with Gasteiger partial charge in [-0.05, 0) is 18.2 Å². The molecule has 0 atom stereocenters. The van der Waals surface area contributed by atoms with Crippen LogP contribution in [0.1, 0.15) is 0 Å². The average Bonchev–Trinajstić information content (AvgIpc) is 2.27. The van der Waals surface area contributed by atoms with Crippen LogP contribution in [0.25, 0.3) is 11.1 Å². The molecule has 2 aromatic rings. The van der Waals surface area contributed by atoms with Gasteiger partial charge >= 0.3 is 0 Å². The molecule has 1 heterocycles. The van der Waals surface area contributed by atoms with E-state index in [0.29, 0.717) is 5.58 Å². The molecule has 0 aliphatic rings. The molecule has 0 aliphatic carbocycles. The number of fused-ring (bicyclic) bond motifs is 1. The van der Waals surface area contributed by atoms with Crippen molar-refractivity contribution >= 4 is 45.5 Å². The average molecular weight is 249 g/mol. The van der Waals surface area contributed by atoms with Crippen LogP contribution in [0.2, 0.25) is 0 Å². The highest BCUT2D eigenvalue weighted by atomic mass is 79.9. The van der Waals surface area contributed by atoms with Gasteiger partial charge in [0.05, 0.1) is 0 Å². The first-order valence-corrected chi connectivity index (χ1v) is 3.86. The molecule has 0 saturated heterocycles. The fourth-order valence-corrected chi connectivity index (χ4v) is 1.27. The standard InChI is InChI=1S/C7H5BrN2O.ClH/c8-4-1-2-6-5(3-4)10-7(9)11-6;/h1-3H,(H2,9,10);1H. The van der Waals surface area contributed by atoms with Crippen LogP contribution in [0.4, 0.5) is 6.01 Å². The maximum absolute atomic E-state index is 5.35. The Labute approximate surface area is 83.5 Å². The highest BCUT2D eigenvalue weighted by molar-refractivity contribution is 9.10. The van der Waals surface area contributed by atoms with Crippen LogP contribution in [0.15, 0.2) is 27.1 Å². The van der Waals surface area contributed by atoms with Crippen LogP contribution in [0.5, 0.6) is 0 Å². The van der Waals surface area contributed by atoms with Gasteiger partial charge in [0.2, 0.25) is 0 Å². The van der Waals surface area contributed by atoms with Gasteiger partial charge in [0.25, 0.3) is 6.01 Å². The number of nitrogens with zero attached hydrogens (tertiary/aromatic N) is 1. The predicted molar refractivity (Wildman–Crippen MR) is 53.4 cm³/mol. The number of hydrogen-bond donors (Lipinski definition) is 1. The summed E-state index contributed by atoms with van der Waals surface area (Å²) in [4.78, 5) is 3.96. The number of hydrogen-bond acceptors (Lipinski definition) is 3. The van der Waals surface area contributed by atoms with Gasteiger partial charge in [-0.3, -0.25) is 0 Å². The molecular weight excluding hydrogens is 243 g/mol. The summed E-state index contributed by atoms with van der Waals surface area (Å²) < 4.78 is 6.04. The van der Waals surface area contributed by atoms with Crippen molar-refractivity contribution in [1.82, 2.24) is 4.98 Å². The van der Waals surface area contributed by atoms with E-state index in [2.05, 4.69) is 20.9 Å². The largest absolute Gasteiger partial charge is 0.424 e. The molecular formula is C7H6BrClN2O. The second-order valence-corrected chi connectivity index (χ2v) is 3.08. The second kappa shape index (κ2) is 3.33. The summed E-state index contributed by atoms with van der Waals surface area (Å²) in [5.41, 5.74) is 6.84. The summed E-state index contributed by atoms with van der Waals surface area (Å²) in [6, 6.07) is 5.77. The molecule has 1 aromatic heterocycles. The molecule has 0 radical (unpaired) electrons. The van der Waals surface area contributed by atoms with Crippen molar-refractivity contribution in [2.45, 2.75) is 0 Å². The van der Waals surface area contributed by atoms with E-state index in [4.69, 9.17) is 10.2 Å². The highest BCUT2D eigenvalue weighted by Crippen LogP contribution is 2.20. The van der Waals surface area contributed by atoms with E-state index >= 15 is 0 Å². The number of anilines is 1. The number of nitrogen functional groups attached to an aromatic ring is 1. The van der Waals surface area contributed by atoms with Crippen LogP contribution in [-0.2, 0) is 0 Å². The molecule has 64 valence electrons. The van der Waals surface area contributed by atoms with Gasteiger partial charge in [-0.25, -0.2) is 0 Å². The summed E-state index contributed by atoms with van der Waals surface area (Å²) >= 11 is 3.32. The van der Waals surface area contributed by atoms with Gasteiger partial charge in [0.15, 0.2) is 5.58 Å². The van der Waals surface area contributed by atoms with Crippen molar-refractivity contribution < 1.29 is 4.42 Å². The number of oxazole rings is 1. The molecule has 0 spiro atoms. The normalized spacial score (nSPS) is 9.75. The molecule has 0 fully saturated rings. The maximum atomic E-state index is 5.35. The third-order valence-electron chi connectivity index (χ3n) is 1.37. The monoisotopic (exact) mass is 248 g/mol. The quantitative estimate of drug-likeness (QED) is 0.781. The fourth-order valence-electron chi connectivity index (χ4n) is 0.918. The Bertz CT molecular complexity index is 401. The lowest BCUT2D eigenvalue weighted by Crippen LogP contribution is -1.80. The number of rotatable bonds is 0. The third-order valence-corrected chi connectivity index (χ3v) is 1.86. The summed E-state index contributed by atoms with van der Waals surface area (Å²) in [5.74, 6) is 0. The number of benzene rings is 1. The van der Waals surface area contributed by atoms with Crippen LogP contribution >= 0.6 is 28.3 Å². The van der Waals surface area contributed by atoms with Gasteiger partial charge in [-0.1, -0.05) is 15.9 Å². The van der Waals surface area contributed by atoms with Crippen molar-refractivity contribution in [3.05, 3.63) is 22.7 Å². The minimum atomic E-state index is 0. The molecule has 0 saturated carbocycles. The molecule has 3 nitrogen and oxygen atoms in total. The Morgan fingerprint density at radius 1 is 1.42 bits per heavy atom. The lowest BCUT2D eigenvalue weighted by molar-refractivity contribution is 0.626. The Kier molecular flexibility index (Phi) is 2.59. The second-order valence-electron chi connectivity index (χ2n) is 2.16. The van der Waals surface area contributed by atoms with Crippen LogP contribution in [0, 0.1) is 0 Å². The van der Waals surface area contributed by atoms with E-state index in [0.717, 1.165) is 9.99 Å². The predicted octanol–water partition coefficient (Wildman–Crippen LogP) is 2.59. The zero-order chi connectivity index (χ0) is 7.84. The van der Waals surface area contributed by atoms with Crippen molar-refractivity contribution in [3.8, 4) is 0 Å². The molecule has 0 aliphatic heterocycles. The first-order valence-electron chi connectivity index (χ1n) is 3.07. The zero-order valence-corrected chi connectivity index (χ0v) is 8.35. The smallest absolute Gasteiger partial charge is 0.292 e. The molecule has 2 N–H and O–H groups in total. The highest BCUT2D eigenvalue weighted by Gasteiger charge is 2.00. The first-order chi connectivity index (χ1) is 5.25. The lowest BCUT2D eigenvalue weighted by atomic mass is 10.3. The minimum Gasteiger partial charge on any atom is -0.424 e. The molecule has 2 rings (SSSR count). The fraction of sp³-hybridized carbons (Fsp3) is 0. The zero-order valence-electron chi connectivity index (χ0n) is 5.95. The van der Waals surface area contributed by atoms with Crippen molar-refractivity contribution in [1.29, 1.82) is 0 Å². The Morgan fingerprint density at radius 3 is 2.92 bits per heavy atom. The van der Waals surface area contributed by atoms with Crippen molar-refractivity contribution in [2.75, 3.05) is 5.73 Å². The molecule has 0 unspecified atom stereocenters. The summed E-state index contributed by atoms with van der Waals surface area (Å²) in [6.45, 7) is 0. The van der Waals surface area contributed by atoms with E-state index in [1.807, 2.05) is 18.2 Å². The molecule has 1 aromatic carbocycles. The van der Waals surface area contributed by atoms with Gasteiger partial charge in [0.1, 0.15) is 5.52 Å². The molecule has 5 heteroatoms. The van der Waals surface area contributed by atoms with Crippen molar-refractivity contribution in [2.24, 2.45) is 0 Å². The van der Waals surface area contributed by atoms with Gasteiger partial charge in [0, 0.05) is 4.47 Å². The Hall–Kier alpha value is -0.740. The molecule has 12 heavy (non-hydrogen) atoms. The van der Waals surface area contributed by atoms with E-state index in [1.165, 1.54) is 0 Å². The summed E-state index contributed by atoms with van der Waals surface area (Å²) in [6.07, 6.45) is 0. The van der Waals surface area contributed by atoms with Gasteiger partial charge in [-0.2, -0.15) is 4.98 Å². The van der Waals surface area contributed by atoms with Crippen molar-refractivity contribution in [3.63, 3.8) is 0 Å². The number of nitrogens with two attached hydrogens (primary N) is 1. The summed E-state index contributed by atoms with van der Waals surface area (Å²) in [5, 5.41) is 0. The SMILES string of the molecule is Cl.Nc1nc2cc(Br)ccc2o1. The number of halogens is 2. The van der Waals surface area contributed by atoms with E-state index < -0.39 is 0 Å². The Balaban J connectivity index is 0.000000720. The van der Waals surface area contributed by atoms with E-state index in [-0.39, 0.29) is 18.4 Å². The van der Waals surface area contributed by atoms with Gasteiger partial charge in [-0.15, -0.1) is 12.4 Å². The van der Waals surface area contributed by atoms with Crippen LogP contribution < -0.4 is 5.73 Å². The van der Waals surface area contributed by atoms with Gasteiger partial charge < -0.3 is 10.2 Å². The van der Waals surface area contributed by atoms with Crippen LogP contribution in [-0.4, -0.2) is 4.98 Å². The van der Waals surface area contributed by atoms with E-state index in [9.17, 15) is 0 Å². The molecule has 0 amide bonds. The minimum absolute atomic E-state index is 0. The number of aromatic nitrogens is 1. The third kappa shape index (κ3) is 1.54. The lowest BCUT2D eigenvalue weighted by Gasteiger charge is -1.85. The topological polar surface area (TPSA) is 52.0 Å². The maximum Gasteiger partial charge on any atom is 0.292 e. The Morgan fingerprint density at radius 2 is 2.17 bits per heavy atom.